The molecule has 1 N–H and O–H groups in total. The summed E-state index contributed by atoms with van der Waals surface area (Å²) >= 11 is 0. The third-order valence-corrected chi connectivity index (χ3v) is 3.39. The van der Waals surface area contributed by atoms with Crippen LogP contribution in [-0.4, -0.2) is 17.7 Å². The second-order valence-corrected chi connectivity index (χ2v) is 5.10. The minimum absolute atomic E-state index is 0.478. The Bertz CT molecular complexity index is 712. The fraction of sp³-hybridized carbons (Fsp3) is 0.214. The summed E-state index contributed by atoms with van der Waals surface area (Å²) in [5.74, 6) is 0.616. The summed E-state index contributed by atoms with van der Waals surface area (Å²) in [6, 6.07) is 9.69. The van der Waals surface area contributed by atoms with E-state index in [0.717, 1.165) is 16.4 Å². The molecule has 5 heteroatoms. The number of benzene rings is 1. The molecule has 0 saturated carbocycles. The standard InChI is InChI=1S/C14H13BN2O2/c1-9-14(2,3)19-15(18-9)12-5-4-6-13-11(12)7-10(8-16)17-13/h4-7,17H,1H2,2-3H3. The predicted octanol–water partition coefficient (Wildman–Crippen LogP) is 2.07. The summed E-state index contributed by atoms with van der Waals surface area (Å²) in [6.45, 7) is 7.72. The SMILES string of the molecule is C=C1OB(c2cccc3[nH]c(C#N)cc23)OC1(C)C. The Kier molecular flexibility index (Phi) is 2.44. The molecule has 0 atom stereocenters. The van der Waals surface area contributed by atoms with Crippen molar-refractivity contribution in [2.45, 2.75) is 19.4 Å². The highest BCUT2D eigenvalue weighted by Crippen LogP contribution is 2.30. The molecule has 0 radical (unpaired) electrons. The van der Waals surface area contributed by atoms with E-state index in [2.05, 4.69) is 17.6 Å². The summed E-state index contributed by atoms with van der Waals surface area (Å²) in [5.41, 5.74) is 1.83. The van der Waals surface area contributed by atoms with Crippen molar-refractivity contribution in [3.63, 3.8) is 0 Å². The van der Waals surface area contributed by atoms with Crippen molar-refractivity contribution in [2.24, 2.45) is 0 Å². The number of nitrogens with one attached hydrogen (secondary N) is 1. The zero-order valence-corrected chi connectivity index (χ0v) is 10.9. The molecular weight excluding hydrogens is 239 g/mol. The molecule has 94 valence electrons. The van der Waals surface area contributed by atoms with Crippen molar-refractivity contribution in [1.82, 2.24) is 4.98 Å². The average Bonchev–Trinajstić information content (AvgIpc) is 2.90. The van der Waals surface area contributed by atoms with Gasteiger partial charge in [0.15, 0.2) is 0 Å². The van der Waals surface area contributed by atoms with Gasteiger partial charge in [-0.2, -0.15) is 5.26 Å². The molecule has 3 rings (SSSR count). The molecule has 0 bridgehead atoms. The Balaban J connectivity index is 2.09. The van der Waals surface area contributed by atoms with Crippen LogP contribution in [0, 0.1) is 11.3 Å². The van der Waals surface area contributed by atoms with E-state index in [4.69, 9.17) is 14.6 Å². The van der Waals surface area contributed by atoms with E-state index in [-0.39, 0.29) is 0 Å². The average molecular weight is 252 g/mol. The van der Waals surface area contributed by atoms with Gasteiger partial charge in [0.1, 0.15) is 17.4 Å². The van der Waals surface area contributed by atoms with Gasteiger partial charge in [0.25, 0.3) is 0 Å². The van der Waals surface area contributed by atoms with Crippen molar-refractivity contribution in [3.05, 3.63) is 42.3 Å². The Hall–Kier alpha value is -2.19. The minimum atomic E-state index is -0.499. The highest BCUT2D eigenvalue weighted by atomic mass is 16.7. The van der Waals surface area contributed by atoms with E-state index in [1.165, 1.54) is 0 Å². The van der Waals surface area contributed by atoms with Crippen LogP contribution in [0.25, 0.3) is 10.9 Å². The van der Waals surface area contributed by atoms with Crippen LogP contribution in [0.5, 0.6) is 0 Å². The van der Waals surface area contributed by atoms with Gasteiger partial charge >= 0.3 is 7.12 Å². The predicted molar refractivity (Wildman–Crippen MR) is 73.8 cm³/mol. The maximum Gasteiger partial charge on any atom is 0.564 e. The molecule has 1 aliphatic rings. The largest absolute Gasteiger partial charge is 0.564 e. The maximum absolute atomic E-state index is 8.96. The molecule has 0 amide bonds. The van der Waals surface area contributed by atoms with Crippen molar-refractivity contribution >= 4 is 23.5 Å². The van der Waals surface area contributed by atoms with Crippen molar-refractivity contribution < 1.29 is 9.31 Å². The van der Waals surface area contributed by atoms with Crippen LogP contribution in [0.2, 0.25) is 0 Å². The van der Waals surface area contributed by atoms with Crippen LogP contribution in [-0.2, 0) is 9.31 Å². The van der Waals surface area contributed by atoms with Gasteiger partial charge in [-0.25, -0.2) is 0 Å². The summed E-state index contributed by atoms with van der Waals surface area (Å²) in [4.78, 5) is 3.05. The highest BCUT2D eigenvalue weighted by molar-refractivity contribution is 6.65. The van der Waals surface area contributed by atoms with Crippen LogP contribution in [0.3, 0.4) is 0 Å². The van der Waals surface area contributed by atoms with Crippen molar-refractivity contribution in [2.75, 3.05) is 0 Å². The van der Waals surface area contributed by atoms with Crippen LogP contribution in [0.1, 0.15) is 19.5 Å². The molecule has 1 saturated heterocycles. The number of hydrogen-bond donors (Lipinski definition) is 1. The lowest BCUT2D eigenvalue weighted by atomic mass is 9.77. The zero-order chi connectivity index (χ0) is 13.6. The first-order valence-electron chi connectivity index (χ1n) is 6.07. The van der Waals surface area contributed by atoms with Gasteiger partial charge < -0.3 is 14.3 Å². The first-order valence-corrected chi connectivity index (χ1v) is 6.07. The second-order valence-electron chi connectivity index (χ2n) is 5.10. The number of aromatic nitrogens is 1. The number of hydrogen-bond acceptors (Lipinski definition) is 3. The van der Waals surface area contributed by atoms with E-state index in [0.29, 0.717) is 11.5 Å². The van der Waals surface area contributed by atoms with Crippen molar-refractivity contribution in [1.29, 1.82) is 5.26 Å². The van der Waals surface area contributed by atoms with Gasteiger partial charge in [-0.15, -0.1) is 0 Å². The number of H-pyrrole nitrogens is 1. The molecular formula is C14H13BN2O2. The topological polar surface area (TPSA) is 58.0 Å². The Morgan fingerprint density at radius 2 is 2.21 bits per heavy atom. The lowest BCUT2D eigenvalue weighted by molar-refractivity contribution is 0.173. The molecule has 2 heterocycles. The number of nitriles is 1. The Labute approximate surface area is 111 Å². The Morgan fingerprint density at radius 1 is 1.42 bits per heavy atom. The van der Waals surface area contributed by atoms with E-state index in [9.17, 15) is 0 Å². The minimum Gasteiger partial charge on any atom is -0.534 e. The molecule has 1 aromatic carbocycles. The van der Waals surface area contributed by atoms with Gasteiger partial charge in [-0.3, -0.25) is 0 Å². The smallest absolute Gasteiger partial charge is 0.534 e. The molecule has 2 aromatic rings. The summed E-state index contributed by atoms with van der Waals surface area (Å²) < 4.78 is 11.6. The molecule has 4 nitrogen and oxygen atoms in total. The highest BCUT2D eigenvalue weighted by Gasteiger charge is 2.43. The van der Waals surface area contributed by atoms with Crippen LogP contribution >= 0.6 is 0 Å². The van der Waals surface area contributed by atoms with Crippen LogP contribution in [0.15, 0.2) is 36.6 Å². The first kappa shape index (κ1) is 11.9. The van der Waals surface area contributed by atoms with Gasteiger partial charge in [-0.05, 0) is 26.0 Å². The van der Waals surface area contributed by atoms with Gasteiger partial charge in [0.05, 0.1) is 5.76 Å². The molecule has 0 aliphatic carbocycles. The van der Waals surface area contributed by atoms with Gasteiger partial charge in [0, 0.05) is 16.4 Å². The van der Waals surface area contributed by atoms with E-state index in [1.807, 2.05) is 38.1 Å². The fourth-order valence-corrected chi connectivity index (χ4v) is 2.20. The third-order valence-electron chi connectivity index (χ3n) is 3.39. The number of fused-ring (bicyclic) bond motifs is 1. The van der Waals surface area contributed by atoms with E-state index >= 15 is 0 Å². The number of rotatable bonds is 1. The van der Waals surface area contributed by atoms with Gasteiger partial charge in [0.2, 0.25) is 0 Å². The molecule has 1 aliphatic heterocycles. The lowest BCUT2D eigenvalue weighted by Gasteiger charge is -2.15. The third kappa shape index (κ3) is 1.81. The normalized spacial score (nSPS) is 17.5. The van der Waals surface area contributed by atoms with Crippen LogP contribution in [0.4, 0.5) is 0 Å². The van der Waals surface area contributed by atoms with Gasteiger partial charge in [-0.1, -0.05) is 18.7 Å². The van der Waals surface area contributed by atoms with E-state index in [1.54, 1.807) is 0 Å². The molecule has 19 heavy (non-hydrogen) atoms. The van der Waals surface area contributed by atoms with E-state index < -0.39 is 12.7 Å². The quantitative estimate of drug-likeness (QED) is 0.790. The molecule has 1 fully saturated rings. The molecule has 1 aromatic heterocycles. The summed E-state index contributed by atoms with van der Waals surface area (Å²) in [6.07, 6.45) is 0. The molecule has 0 spiro atoms. The maximum atomic E-state index is 8.96. The summed E-state index contributed by atoms with van der Waals surface area (Å²) in [5, 5.41) is 9.90. The second kappa shape index (κ2) is 3.90. The summed E-state index contributed by atoms with van der Waals surface area (Å²) in [7, 11) is -0.478. The number of aromatic amines is 1. The fourth-order valence-electron chi connectivity index (χ4n) is 2.20. The lowest BCUT2D eigenvalue weighted by Crippen LogP contribution is -2.34. The zero-order valence-electron chi connectivity index (χ0n) is 10.9. The number of nitrogens with zero attached hydrogens (tertiary/aromatic N) is 1. The van der Waals surface area contributed by atoms with Crippen molar-refractivity contribution in [3.8, 4) is 6.07 Å². The molecule has 0 unspecified atom stereocenters. The monoisotopic (exact) mass is 252 g/mol. The van der Waals surface area contributed by atoms with Crippen LogP contribution < -0.4 is 5.46 Å². The first-order chi connectivity index (χ1) is 9.01. The Morgan fingerprint density at radius 3 is 2.84 bits per heavy atom.